The standard InChI is InChI=1S/C22H29N5S/c1-25(2)14-19-23-21(27-12-10-17(11-13-27)26(3)4)20-18(15-28-22(20)24-19)16-8-6-5-7-9-16/h5-9,15,17H,10-14H2,1-4H3. The second-order valence-electron chi connectivity index (χ2n) is 8.08. The molecule has 3 heterocycles. The van der Waals surface area contributed by atoms with Crippen LogP contribution in [0, 0.1) is 0 Å². The zero-order valence-electron chi connectivity index (χ0n) is 17.2. The number of hydrogen-bond acceptors (Lipinski definition) is 6. The highest BCUT2D eigenvalue weighted by atomic mass is 32.1. The molecule has 0 atom stereocenters. The van der Waals surface area contributed by atoms with Crippen molar-refractivity contribution >= 4 is 27.4 Å². The van der Waals surface area contributed by atoms with Crippen molar-refractivity contribution in [3.63, 3.8) is 0 Å². The van der Waals surface area contributed by atoms with Crippen LogP contribution in [-0.4, -0.2) is 67.1 Å². The summed E-state index contributed by atoms with van der Waals surface area (Å²) >= 11 is 1.73. The highest BCUT2D eigenvalue weighted by Gasteiger charge is 2.25. The molecule has 5 nitrogen and oxygen atoms in total. The Morgan fingerprint density at radius 2 is 1.75 bits per heavy atom. The fourth-order valence-corrected chi connectivity index (χ4v) is 4.93. The fourth-order valence-electron chi connectivity index (χ4n) is 3.97. The van der Waals surface area contributed by atoms with Gasteiger partial charge in [0.1, 0.15) is 16.5 Å². The number of benzene rings is 1. The van der Waals surface area contributed by atoms with Gasteiger partial charge in [-0.2, -0.15) is 0 Å². The summed E-state index contributed by atoms with van der Waals surface area (Å²) in [5.41, 5.74) is 2.49. The molecule has 0 saturated carbocycles. The minimum atomic E-state index is 0.658. The SMILES string of the molecule is CN(C)Cc1nc(N2CCC(N(C)C)CC2)c2c(-c3ccccc3)csc2n1. The molecule has 0 spiro atoms. The predicted molar refractivity (Wildman–Crippen MR) is 119 cm³/mol. The first kappa shape index (κ1) is 19.3. The van der Waals surface area contributed by atoms with E-state index in [0.29, 0.717) is 6.04 Å². The Labute approximate surface area is 171 Å². The van der Waals surface area contributed by atoms with Gasteiger partial charge >= 0.3 is 0 Å². The quantitative estimate of drug-likeness (QED) is 0.654. The van der Waals surface area contributed by atoms with Crippen molar-refractivity contribution in [1.29, 1.82) is 0 Å². The van der Waals surface area contributed by atoms with E-state index in [9.17, 15) is 0 Å². The third-order valence-corrected chi connectivity index (χ3v) is 6.37. The minimum Gasteiger partial charge on any atom is -0.356 e. The third-order valence-electron chi connectivity index (χ3n) is 5.50. The van der Waals surface area contributed by atoms with Gasteiger partial charge in [-0.05, 0) is 46.6 Å². The number of piperidine rings is 1. The fraction of sp³-hybridized carbons (Fsp3) is 0.455. The highest BCUT2D eigenvalue weighted by Crippen LogP contribution is 2.39. The van der Waals surface area contributed by atoms with Crippen molar-refractivity contribution in [1.82, 2.24) is 19.8 Å². The van der Waals surface area contributed by atoms with Gasteiger partial charge in [-0.15, -0.1) is 11.3 Å². The van der Waals surface area contributed by atoms with E-state index in [4.69, 9.17) is 9.97 Å². The van der Waals surface area contributed by atoms with Crippen LogP contribution in [0.1, 0.15) is 18.7 Å². The second kappa shape index (κ2) is 8.15. The van der Waals surface area contributed by atoms with Crippen LogP contribution in [0.3, 0.4) is 0 Å². The largest absolute Gasteiger partial charge is 0.356 e. The molecule has 0 N–H and O–H groups in total. The summed E-state index contributed by atoms with van der Waals surface area (Å²) in [5, 5.41) is 3.45. The van der Waals surface area contributed by atoms with E-state index in [2.05, 4.69) is 78.6 Å². The van der Waals surface area contributed by atoms with E-state index >= 15 is 0 Å². The summed E-state index contributed by atoms with van der Waals surface area (Å²) < 4.78 is 0. The molecule has 1 fully saturated rings. The molecule has 0 aliphatic carbocycles. The van der Waals surface area contributed by atoms with Crippen LogP contribution in [0.15, 0.2) is 35.7 Å². The number of anilines is 1. The molecule has 0 bridgehead atoms. The predicted octanol–water partition coefficient (Wildman–Crippen LogP) is 3.95. The van der Waals surface area contributed by atoms with E-state index < -0.39 is 0 Å². The van der Waals surface area contributed by atoms with Crippen molar-refractivity contribution in [3.05, 3.63) is 41.5 Å². The minimum absolute atomic E-state index is 0.658. The smallest absolute Gasteiger partial charge is 0.146 e. The maximum Gasteiger partial charge on any atom is 0.146 e. The summed E-state index contributed by atoms with van der Waals surface area (Å²) in [4.78, 5) is 18.0. The van der Waals surface area contributed by atoms with E-state index in [0.717, 1.165) is 36.1 Å². The third kappa shape index (κ3) is 3.90. The molecule has 4 rings (SSSR count). The molecule has 1 aromatic carbocycles. The monoisotopic (exact) mass is 395 g/mol. The van der Waals surface area contributed by atoms with Crippen LogP contribution in [0.5, 0.6) is 0 Å². The molecule has 1 aliphatic rings. The first-order valence-electron chi connectivity index (χ1n) is 9.92. The maximum absolute atomic E-state index is 5.06. The van der Waals surface area contributed by atoms with Crippen LogP contribution in [-0.2, 0) is 6.54 Å². The molecule has 0 amide bonds. The van der Waals surface area contributed by atoms with Gasteiger partial charge in [-0.25, -0.2) is 9.97 Å². The molecule has 1 aliphatic heterocycles. The van der Waals surface area contributed by atoms with E-state index in [-0.39, 0.29) is 0 Å². The first-order chi connectivity index (χ1) is 13.5. The molecule has 3 aromatic rings. The zero-order valence-corrected chi connectivity index (χ0v) is 18.0. The number of hydrogen-bond donors (Lipinski definition) is 0. The Hall–Kier alpha value is -2.02. The number of fused-ring (bicyclic) bond motifs is 1. The Balaban J connectivity index is 1.78. The van der Waals surface area contributed by atoms with Gasteiger partial charge in [0.2, 0.25) is 0 Å². The van der Waals surface area contributed by atoms with E-state index in [1.54, 1.807) is 11.3 Å². The lowest BCUT2D eigenvalue weighted by atomic mass is 10.0. The van der Waals surface area contributed by atoms with Crippen molar-refractivity contribution in [2.45, 2.75) is 25.4 Å². The molecule has 1 saturated heterocycles. The lowest BCUT2D eigenvalue weighted by molar-refractivity contribution is 0.249. The lowest BCUT2D eigenvalue weighted by Crippen LogP contribution is -2.42. The molecular formula is C22H29N5S. The van der Waals surface area contributed by atoms with Gasteiger partial charge in [0, 0.05) is 30.1 Å². The number of thiophene rings is 1. The zero-order chi connectivity index (χ0) is 19.7. The highest BCUT2D eigenvalue weighted by molar-refractivity contribution is 7.17. The van der Waals surface area contributed by atoms with Crippen LogP contribution in [0.4, 0.5) is 5.82 Å². The molecular weight excluding hydrogens is 366 g/mol. The van der Waals surface area contributed by atoms with Gasteiger partial charge in [0.05, 0.1) is 11.9 Å². The van der Waals surface area contributed by atoms with Crippen LogP contribution in [0.25, 0.3) is 21.3 Å². The van der Waals surface area contributed by atoms with Crippen LogP contribution < -0.4 is 4.90 Å². The van der Waals surface area contributed by atoms with Crippen molar-refractivity contribution < 1.29 is 0 Å². The maximum atomic E-state index is 5.06. The summed E-state index contributed by atoms with van der Waals surface area (Å²) in [6.45, 7) is 2.84. The molecule has 0 radical (unpaired) electrons. The Bertz CT molecular complexity index is 927. The average molecular weight is 396 g/mol. The average Bonchev–Trinajstić information content (AvgIpc) is 3.11. The molecule has 2 aromatic heterocycles. The number of rotatable bonds is 5. The molecule has 148 valence electrons. The van der Waals surface area contributed by atoms with Gasteiger partial charge in [-0.1, -0.05) is 30.3 Å². The summed E-state index contributed by atoms with van der Waals surface area (Å²) in [6.07, 6.45) is 2.35. The molecule has 6 heteroatoms. The van der Waals surface area contributed by atoms with Gasteiger partial charge in [0.25, 0.3) is 0 Å². The number of aromatic nitrogens is 2. The van der Waals surface area contributed by atoms with E-state index in [1.807, 2.05) is 0 Å². The van der Waals surface area contributed by atoms with Gasteiger partial charge < -0.3 is 14.7 Å². The summed E-state index contributed by atoms with van der Waals surface area (Å²) in [7, 11) is 8.51. The molecule has 28 heavy (non-hydrogen) atoms. The van der Waals surface area contributed by atoms with E-state index in [1.165, 1.54) is 29.4 Å². The Kier molecular flexibility index (Phi) is 5.62. The van der Waals surface area contributed by atoms with Crippen LogP contribution in [0.2, 0.25) is 0 Å². The van der Waals surface area contributed by atoms with Crippen molar-refractivity contribution in [2.24, 2.45) is 0 Å². The Morgan fingerprint density at radius 1 is 1.04 bits per heavy atom. The lowest BCUT2D eigenvalue weighted by Gasteiger charge is -2.36. The number of nitrogens with zero attached hydrogens (tertiary/aromatic N) is 5. The second-order valence-corrected chi connectivity index (χ2v) is 8.94. The van der Waals surface area contributed by atoms with Crippen molar-refractivity contribution in [3.8, 4) is 11.1 Å². The summed E-state index contributed by atoms with van der Waals surface area (Å²) in [6, 6.07) is 11.3. The summed E-state index contributed by atoms with van der Waals surface area (Å²) in [5.74, 6) is 2.02. The Morgan fingerprint density at radius 3 is 2.39 bits per heavy atom. The topological polar surface area (TPSA) is 35.5 Å². The van der Waals surface area contributed by atoms with Gasteiger partial charge in [0.15, 0.2) is 0 Å². The first-order valence-corrected chi connectivity index (χ1v) is 10.8. The van der Waals surface area contributed by atoms with Crippen LogP contribution >= 0.6 is 11.3 Å². The molecule has 0 unspecified atom stereocenters. The van der Waals surface area contributed by atoms with Gasteiger partial charge in [-0.3, -0.25) is 0 Å². The normalized spacial score (nSPS) is 15.9. The van der Waals surface area contributed by atoms with Crippen molar-refractivity contribution in [2.75, 3.05) is 46.2 Å².